The summed E-state index contributed by atoms with van der Waals surface area (Å²) < 4.78 is 0. The van der Waals surface area contributed by atoms with Crippen molar-refractivity contribution in [1.82, 2.24) is 4.90 Å². The summed E-state index contributed by atoms with van der Waals surface area (Å²) in [6, 6.07) is 0.560. The van der Waals surface area contributed by atoms with E-state index in [0.29, 0.717) is 6.04 Å². The van der Waals surface area contributed by atoms with Crippen LogP contribution in [0.4, 0.5) is 0 Å². The lowest BCUT2D eigenvalue weighted by molar-refractivity contribution is 0.368. The average Bonchev–Trinajstić information content (AvgIpc) is 1.84. The van der Waals surface area contributed by atoms with Crippen LogP contribution >= 0.6 is 11.8 Å². The predicted molar refractivity (Wildman–Crippen MR) is 45.6 cm³/mol. The molecule has 9 heavy (non-hydrogen) atoms. The van der Waals surface area contributed by atoms with Crippen LogP contribution in [0.1, 0.15) is 13.8 Å². The Morgan fingerprint density at radius 3 is 2.11 bits per heavy atom. The number of hydrogen-bond acceptors (Lipinski definition) is 2. The zero-order chi connectivity index (χ0) is 7.44. The van der Waals surface area contributed by atoms with E-state index in [1.165, 1.54) is 0 Å². The first-order valence-corrected chi connectivity index (χ1v) is 4.27. The van der Waals surface area contributed by atoms with Gasteiger partial charge in [-0.3, -0.25) is 0 Å². The van der Waals surface area contributed by atoms with Crippen molar-refractivity contribution in [2.45, 2.75) is 19.9 Å². The Morgan fingerprint density at radius 1 is 1.56 bits per heavy atom. The maximum atomic E-state index is 3.88. The van der Waals surface area contributed by atoms with E-state index in [4.69, 9.17) is 0 Å². The lowest BCUT2D eigenvalue weighted by Crippen LogP contribution is -2.23. The molecule has 0 rings (SSSR count). The van der Waals surface area contributed by atoms with Crippen LogP contribution in [-0.2, 0) is 0 Å². The maximum absolute atomic E-state index is 3.88. The van der Waals surface area contributed by atoms with E-state index in [1.807, 2.05) is 6.26 Å². The highest BCUT2D eigenvalue weighted by Gasteiger charge is 2.02. The molecular weight excluding hydrogens is 130 g/mol. The molecule has 0 heterocycles. The van der Waals surface area contributed by atoms with E-state index in [0.717, 1.165) is 5.03 Å². The van der Waals surface area contributed by atoms with Crippen LogP contribution < -0.4 is 0 Å². The summed E-state index contributed by atoms with van der Waals surface area (Å²) in [6.07, 6.45) is 2.04. The van der Waals surface area contributed by atoms with Gasteiger partial charge < -0.3 is 4.90 Å². The first kappa shape index (κ1) is 8.89. The van der Waals surface area contributed by atoms with Gasteiger partial charge in [0, 0.05) is 13.1 Å². The van der Waals surface area contributed by atoms with Crippen LogP contribution in [0.25, 0.3) is 0 Å². The zero-order valence-electron chi connectivity index (χ0n) is 6.64. The van der Waals surface area contributed by atoms with Gasteiger partial charge in [-0.05, 0) is 20.1 Å². The molecule has 0 atom stereocenters. The van der Waals surface area contributed by atoms with Crippen LogP contribution in [0.2, 0.25) is 0 Å². The Hall–Kier alpha value is -0.110. The molecule has 0 amide bonds. The van der Waals surface area contributed by atoms with Crippen molar-refractivity contribution in [2.75, 3.05) is 13.3 Å². The van der Waals surface area contributed by atoms with Crippen molar-refractivity contribution in [3.8, 4) is 0 Å². The molecule has 0 radical (unpaired) electrons. The van der Waals surface area contributed by atoms with Crippen LogP contribution in [-0.4, -0.2) is 24.2 Å². The summed E-state index contributed by atoms with van der Waals surface area (Å²) in [7, 11) is 2.06. The molecule has 0 saturated carbocycles. The fraction of sp³-hybridized carbons (Fsp3) is 0.714. The standard InChI is InChI=1S/C7H15NS/c1-6(2)8(4)7(3)9-5/h6H,3H2,1-2,4-5H3. The number of hydrogen-bond donors (Lipinski definition) is 0. The van der Waals surface area contributed by atoms with Crippen molar-refractivity contribution in [3.05, 3.63) is 11.6 Å². The largest absolute Gasteiger partial charge is 0.368 e. The molecule has 0 aliphatic heterocycles. The van der Waals surface area contributed by atoms with Gasteiger partial charge in [0.05, 0.1) is 5.03 Å². The Labute approximate surface area is 62.1 Å². The fourth-order valence-electron chi connectivity index (χ4n) is 0.432. The van der Waals surface area contributed by atoms with Crippen LogP contribution in [0.5, 0.6) is 0 Å². The monoisotopic (exact) mass is 145 g/mol. The zero-order valence-corrected chi connectivity index (χ0v) is 7.46. The Morgan fingerprint density at radius 2 is 2.00 bits per heavy atom. The second-order valence-electron chi connectivity index (χ2n) is 2.30. The topological polar surface area (TPSA) is 3.24 Å². The molecule has 0 spiro atoms. The summed E-state index contributed by atoms with van der Waals surface area (Å²) in [6.45, 7) is 8.19. The summed E-state index contributed by atoms with van der Waals surface area (Å²) in [5.74, 6) is 0. The Balaban J connectivity index is 3.72. The molecule has 1 nitrogen and oxygen atoms in total. The maximum Gasteiger partial charge on any atom is 0.0631 e. The molecule has 0 aliphatic carbocycles. The van der Waals surface area contributed by atoms with E-state index >= 15 is 0 Å². The van der Waals surface area contributed by atoms with Crippen molar-refractivity contribution in [3.63, 3.8) is 0 Å². The van der Waals surface area contributed by atoms with E-state index in [2.05, 4.69) is 32.4 Å². The highest BCUT2D eigenvalue weighted by atomic mass is 32.2. The SMILES string of the molecule is C=C(SC)N(C)C(C)C. The minimum Gasteiger partial charge on any atom is -0.368 e. The fourth-order valence-corrected chi connectivity index (χ4v) is 0.931. The van der Waals surface area contributed by atoms with E-state index < -0.39 is 0 Å². The van der Waals surface area contributed by atoms with Crippen LogP contribution in [0.15, 0.2) is 11.6 Å². The Bertz CT molecular complexity index is 99.1. The molecule has 0 aromatic carbocycles. The van der Waals surface area contributed by atoms with E-state index in [-0.39, 0.29) is 0 Å². The van der Waals surface area contributed by atoms with Crippen molar-refractivity contribution in [1.29, 1.82) is 0 Å². The van der Waals surface area contributed by atoms with Crippen molar-refractivity contribution < 1.29 is 0 Å². The number of thioether (sulfide) groups is 1. The minimum absolute atomic E-state index is 0.560. The van der Waals surface area contributed by atoms with Gasteiger partial charge in [0.25, 0.3) is 0 Å². The first-order chi connectivity index (χ1) is 4.09. The van der Waals surface area contributed by atoms with Gasteiger partial charge >= 0.3 is 0 Å². The van der Waals surface area contributed by atoms with Gasteiger partial charge in [0.1, 0.15) is 0 Å². The van der Waals surface area contributed by atoms with Gasteiger partial charge in [-0.2, -0.15) is 0 Å². The molecular formula is C7H15NS. The number of rotatable bonds is 3. The molecule has 54 valence electrons. The van der Waals surface area contributed by atoms with Gasteiger partial charge in [0.2, 0.25) is 0 Å². The molecule has 0 saturated heterocycles. The molecule has 0 N–H and O–H groups in total. The van der Waals surface area contributed by atoms with E-state index in [1.54, 1.807) is 11.8 Å². The second kappa shape index (κ2) is 3.83. The van der Waals surface area contributed by atoms with Gasteiger partial charge in [-0.15, -0.1) is 11.8 Å². The highest BCUT2D eigenvalue weighted by Crippen LogP contribution is 2.14. The number of nitrogens with zero attached hydrogens (tertiary/aromatic N) is 1. The van der Waals surface area contributed by atoms with Crippen molar-refractivity contribution in [2.24, 2.45) is 0 Å². The molecule has 2 heteroatoms. The molecule has 0 aromatic heterocycles. The third kappa shape index (κ3) is 2.80. The lowest BCUT2D eigenvalue weighted by atomic mass is 10.4. The minimum atomic E-state index is 0.560. The van der Waals surface area contributed by atoms with Gasteiger partial charge in [-0.25, -0.2) is 0 Å². The Kier molecular flexibility index (Phi) is 3.78. The molecule has 0 aromatic rings. The van der Waals surface area contributed by atoms with E-state index in [9.17, 15) is 0 Å². The summed E-state index contributed by atoms with van der Waals surface area (Å²) in [5, 5.41) is 1.13. The highest BCUT2D eigenvalue weighted by molar-refractivity contribution is 8.02. The first-order valence-electron chi connectivity index (χ1n) is 3.05. The van der Waals surface area contributed by atoms with Crippen LogP contribution in [0, 0.1) is 0 Å². The summed E-state index contributed by atoms with van der Waals surface area (Å²) in [4.78, 5) is 2.16. The van der Waals surface area contributed by atoms with Gasteiger partial charge in [-0.1, -0.05) is 6.58 Å². The molecule has 0 bridgehead atoms. The lowest BCUT2D eigenvalue weighted by Gasteiger charge is -2.23. The molecule has 0 fully saturated rings. The van der Waals surface area contributed by atoms with Crippen LogP contribution in [0.3, 0.4) is 0 Å². The quantitative estimate of drug-likeness (QED) is 0.598. The third-order valence-corrected chi connectivity index (χ3v) is 2.16. The molecule has 0 unspecified atom stereocenters. The molecule has 0 aliphatic rings. The normalized spacial score (nSPS) is 9.89. The predicted octanol–water partition coefficient (Wildman–Crippen LogP) is 2.16. The second-order valence-corrected chi connectivity index (χ2v) is 3.18. The van der Waals surface area contributed by atoms with Crippen molar-refractivity contribution >= 4 is 11.8 Å². The summed E-state index contributed by atoms with van der Waals surface area (Å²) >= 11 is 1.69. The third-order valence-electron chi connectivity index (χ3n) is 1.40. The van der Waals surface area contributed by atoms with Gasteiger partial charge in [0.15, 0.2) is 0 Å². The smallest absolute Gasteiger partial charge is 0.0631 e. The average molecular weight is 145 g/mol. The summed E-state index contributed by atoms with van der Waals surface area (Å²) in [5.41, 5.74) is 0.